The third-order valence-corrected chi connectivity index (χ3v) is 4.69. The molecule has 1 aliphatic rings. The van der Waals surface area contributed by atoms with Gasteiger partial charge < -0.3 is 25.0 Å². The lowest BCUT2D eigenvalue weighted by Gasteiger charge is -2.21. The Labute approximate surface area is 193 Å². The van der Waals surface area contributed by atoms with Crippen molar-refractivity contribution in [2.24, 2.45) is 10.9 Å². The fraction of sp³-hybridized carbons (Fsp3) is 0.682. The standard InChI is InChI=1S/C22H38N4O2.HI/c1-5-23-22(25-16-20(27-6-2)13-14-26(3)4)24-15-19-9-7-8-10-21(19)28-17-18-11-12-18;/h7-10,18,20H,5-6,11-17H2,1-4H3,(H2,23,24,25);1H. The van der Waals surface area contributed by atoms with Crippen LogP contribution in [-0.4, -0.2) is 63.9 Å². The van der Waals surface area contributed by atoms with Crippen molar-refractivity contribution in [3.8, 4) is 5.75 Å². The van der Waals surface area contributed by atoms with Crippen LogP contribution in [0.4, 0.5) is 0 Å². The van der Waals surface area contributed by atoms with E-state index >= 15 is 0 Å². The highest BCUT2D eigenvalue weighted by Gasteiger charge is 2.22. The van der Waals surface area contributed by atoms with Crippen molar-refractivity contribution in [2.45, 2.75) is 45.8 Å². The molecule has 1 aliphatic carbocycles. The van der Waals surface area contributed by atoms with E-state index in [4.69, 9.17) is 14.5 Å². The smallest absolute Gasteiger partial charge is 0.191 e. The highest BCUT2D eigenvalue weighted by molar-refractivity contribution is 14.0. The molecule has 1 atom stereocenters. The molecule has 0 heterocycles. The number of ether oxygens (including phenoxy) is 2. The molecule has 0 amide bonds. The molecule has 166 valence electrons. The first-order chi connectivity index (χ1) is 13.6. The maximum Gasteiger partial charge on any atom is 0.191 e. The average Bonchev–Trinajstić information content (AvgIpc) is 3.51. The summed E-state index contributed by atoms with van der Waals surface area (Å²) in [5.74, 6) is 2.51. The number of guanidine groups is 1. The van der Waals surface area contributed by atoms with Crippen molar-refractivity contribution < 1.29 is 9.47 Å². The Morgan fingerprint density at radius 1 is 1.21 bits per heavy atom. The molecule has 0 spiro atoms. The zero-order valence-electron chi connectivity index (χ0n) is 18.4. The van der Waals surface area contributed by atoms with E-state index in [1.165, 1.54) is 12.8 Å². The molecule has 1 aromatic carbocycles. The highest BCUT2D eigenvalue weighted by Crippen LogP contribution is 2.30. The SMILES string of the molecule is CCNC(=NCc1ccccc1OCC1CC1)NCC(CCN(C)C)OCC.I. The first-order valence-electron chi connectivity index (χ1n) is 10.6. The van der Waals surface area contributed by atoms with Crippen LogP contribution >= 0.6 is 24.0 Å². The number of benzene rings is 1. The molecule has 6 nitrogen and oxygen atoms in total. The number of nitrogens with one attached hydrogen (secondary N) is 2. The number of nitrogens with zero attached hydrogens (tertiary/aromatic N) is 2. The van der Waals surface area contributed by atoms with Gasteiger partial charge in [0.1, 0.15) is 5.75 Å². The zero-order valence-corrected chi connectivity index (χ0v) is 20.8. The molecule has 0 radical (unpaired) electrons. The van der Waals surface area contributed by atoms with E-state index in [0.717, 1.165) is 62.5 Å². The van der Waals surface area contributed by atoms with Gasteiger partial charge in [0.2, 0.25) is 0 Å². The minimum absolute atomic E-state index is 0. The maximum absolute atomic E-state index is 6.00. The van der Waals surface area contributed by atoms with Crippen LogP contribution in [-0.2, 0) is 11.3 Å². The fourth-order valence-corrected chi connectivity index (χ4v) is 2.87. The summed E-state index contributed by atoms with van der Waals surface area (Å²) in [6.45, 7) is 8.82. The van der Waals surface area contributed by atoms with Crippen LogP contribution in [0.2, 0.25) is 0 Å². The molecule has 0 bridgehead atoms. The Balaban J connectivity index is 0.00000420. The van der Waals surface area contributed by atoms with E-state index in [1.54, 1.807) is 0 Å². The second-order valence-corrected chi connectivity index (χ2v) is 7.61. The first-order valence-corrected chi connectivity index (χ1v) is 10.6. The summed E-state index contributed by atoms with van der Waals surface area (Å²) in [4.78, 5) is 6.95. The Morgan fingerprint density at radius 3 is 2.62 bits per heavy atom. The predicted octanol–water partition coefficient (Wildman–Crippen LogP) is 3.51. The fourth-order valence-electron chi connectivity index (χ4n) is 2.87. The molecule has 0 aromatic heterocycles. The molecule has 2 rings (SSSR count). The predicted molar refractivity (Wildman–Crippen MR) is 131 cm³/mol. The summed E-state index contributed by atoms with van der Waals surface area (Å²) in [6.07, 6.45) is 3.75. The second kappa shape index (κ2) is 14.8. The molecular formula is C22H39IN4O2. The van der Waals surface area contributed by atoms with Crippen molar-refractivity contribution in [1.29, 1.82) is 0 Å². The zero-order chi connectivity index (χ0) is 20.2. The van der Waals surface area contributed by atoms with Crippen molar-refractivity contribution in [3.63, 3.8) is 0 Å². The van der Waals surface area contributed by atoms with Gasteiger partial charge in [0.25, 0.3) is 0 Å². The number of para-hydroxylation sites is 1. The van der Waals surface area contributed by atoms with Gasteiger partial charge in [-0.05, 0) is 59.2 Å². The molecule has 29 heavy (non-hydrogen) atoms. The van der Waals surface area contributed by atoms with Gasteiger partial charge in [0.15, 0.2) is 5.96 Å². The van der Waals surface area contributed by atoms with E-state index in [1.807, 2.05) is 25.1 Å². The molecule has 2 N–H and O–H groups in total. The van der Waals surface area contributed by atoms with Gasteiger partial charge in [-0.3, -0.25) is 0 Å². The Morgan fingerprint density at radius 2 is 1.97 bits per heavy atom. The monoisotopic (exact) mass is 518 g/mol. The van der Waals surface area contributed by atoms with Crippen LogP contribution in [0, 0.1) is 5.92 Å². The molecule has 0 aliphatic heterocycles. The van der Waals surface area contributed by atoms with E-state index in [2.05, 4.69) is 42.6 Å². The van der Waals surface area contributed by atoms with Gasteiger partial charge in [-0.2, -0.15) is 0 Å². The molecule has 0 saturated heterocycles. The summed E-state index contributed by atoms with van der Waals surface area (Å²) in [6, 6.07) is 8.20. The van der Waals surface area contributed by atoms with Crippen LogP contribution in [0.25, 0.3) is 0 Å². The maximum atomic E-state index is 6.00. The van der Waals surface area contributed by atoms with Crippen LogP contribution in [0.5, 0.6) is 5.75 Å². The van der Waals surface area contributed by atoms with Crippen LogP contribution < -0.4 is 15.4 Å². The number of rotatable bonds is 13. The lowest BCUT2D eigenvalue weighted by atomic mass is 10.2. The molecule has 7 heteroatoms. The normalized spacial score (nSPS) is 15.0. The minimum atomic E-state index is 0. The van der Waals surface area contributed by atoms with Crippen LogP contribution in [0.1, 0.15) is 38.7 Å². The summed E-state index contributed by atoms with van der Waals surface area (Å²) in [5.41, 5.74) is 1.12. The molecule has 1 saturated carbocycles. The third-order valence-electron chi connectivity index (χ3n) is 4.69. The summed E-state index contributed by atoms with van der Waals surface area (Å²) in [5, 5.41) is 6.76. The quantitative estimate of drug-likeness (QED) is 0.238. The number of hydrogen-bond donors (Lipinski definition) is 2. The summed E-state index contributed by atoms with van der Waals surface area (Å²) < 4.78 is 11.9. The van der Waals surface area contributed by atoms with Gasteiger partial charge in [-0.15, -0.1) is 24.0 Å². The Hall–Kier alpha value is -1.06. The summed E-state index contributed by atoms with van der Waals surface area (Å²) >= 11 is 0. The lowest BCUT2D eigenvalue weighted by molar-refractivity contribution is 0.0548. The van der Waals surface area contributed by atoms with Crippen LogP contribution in [0.15, 0.2) is 29.3 Å². The van der Waals surface area contributed by atoms with Crippen molar-refractivity contribution in [2.75, 3.05) is 46.9 Å². The van der Waals surface area contributed by atoms with Crippen LogP contribution in [0.3, 0.4) is 0 Å². The van der Waals surface area contributed by atoms with E-state index < -0.39 is 0 Å². The number of aliphatic imine (C=N–C) groups is 1. The molecule has 1 unspecified atom stereocenters. The van der Waals surface area contributed by atoms with E-state index in [-0.39, 0.29) is 30.1 Å². The van der Waals surface area contributed by atoms with Crippen molar-refractivity contribution >= 4 is 29.9 Å². The molecular weight excluding hydrogens is 479 g/mol. The Bertz CT molecular complexity index is 594. The van der Waals surface area contributed by atoms with Crippen molar-refractivity contribution in [1.82, 2.24) is 15.5 Å². The van der Waals surface area contributed by atoms with Crippen molar-refractivity contribution in [3.05, 3.63) is 29.8 Å². The average molecular weight is 518 g/mol. The number of halogens is 1. The largest absolute Gasteiger partial charge is 0.493 e. The van der Waals surface area contributed by atoms with Gasteiger partial charge in [-0.25, -0.2) is 4.99 Å². The van der Waals surface area contributed by atoms with Gasteiger partial charge in [0, 0.05) is 31.8 Å². The Kier molecular flexibility index (Phi) is 13.3. The topological polar surface area (TPSA) is 58.1 Å². The first kappa shape index (κ1) is 26.0. The number of hydrogen-bond acceptors (Lipinski definition) is 4. The third kappa shape index (κ3) is 11.1. The molecule has 1 aromatic rings. The highest BCUT2D eigenvalue weighted by atomic mass is 127. The van der Waals surface area contributed by atoms with E-state index in [9.17, 15) is 0 Å². The minimum Gasteiger partial charge on any atom is -0.493 e. The van der Waals surface area contributed by atoms with E-state index in [0.29, 0.717) is 6.54 Å². The van der Waals surface area contributed by atoms with Gasteiger partial charge >= 0.3 is 0 Å². The van der Waals surface area contributed by atoms with Gasteiger partial charge in [0.05, 0.1) is 19.3 Å². The second-order valence-electron chi connectivity index (χ2n) is 7.61. The molecule has 1 fully saturated rings. The summed E-state index contributed by atoms with van der Waals surface area (Å²) in [7, 11) is 4.18. The van der Waals surface area contributed by atoms with Gasteiger partial charge in [-0.1, -0.05) is 18.2 Å². The lowest BCUT2D eigenvalue weighted by Crippen LogP contribution is -2.42.